The molecule has 0 aliphatic carbocycles. The minimum atomic E-state index is -1.23. The summed E-state index contributed by atoms with van der Waals surface area (Å²) in [6.07, 6.45) is 0.0849. The van der Waals surface area contributed by atoms with Crippen LogP contribution in [0.5, 0.6) is 0 Å². The first kappa shape index (κ1) is 15.4. The second-order valence-electron chi connectivity index (χ2n) is 3.80. The molecule has 0 aromatic heterocycles. The highest BCUT2D eigenvalue weighted by molar-refractivity contribution is 5.93. The topological polar surface area (TPSA) is 108 Å². The molecule has 0 aliphatic rings. The van der Waals surface area contributed by atoms with Gasteiger partial charge < -0.3 is 21.1 Å². The van der Waals surface area contributed by atoms with Crippen LogP contribution < -0.4 is 16.0 Å². The molecule has 0 aliphatic heterocycles. The van der Waals surface area contributed by atoms with Crippen LogP contribution in [-0.4, -0.2) is 36.6 Å². The van der Waals surface area contributed by atoms with Crippen molar-refractivity contribution in [3.05, 3.63) is 29.6 Å². The van der Waals surface area contributed by atoms with E-state index in [0.717, 1.165) is 18.2 Å². The zero-order valence-electron chi connectivity index (χ0n) is 10.7. The maximum Gasteiger partial charge on any atom is 0.335 e. The van der Waals surface area contributed by atoms with Crippen molar-refractivity contribution in [3.63, 3.8) is 0 Å². The van der Waals surface area contributed by atoms with Crippen LogP contribution in [0.1, 0.15) is 16.8 Å². The van der Waals surface area contributed by atoms with E-state index in [1.807, 2.05) is 0 Å². The number of carbonyl (C=O) groups is 3. The van der Waals surface area contributed by atoms with Gasteiger partial charge in [-0.2, -0.15) is 0 Å². The second-order valence-corrected chi connectivity index (χ2v) is 3.80. The summed E-state index contributed by atoms with van der Waals surface area (Å²) in [6, 6.07) is 2.32. The number of carboxylic acids is 1. The number of nitrogens with one attached hydrogen (secondary N) is 3. The SMILES string of the molecule is CNC(=O)CCNC(=O)Nc1cc(C(=O)O)ccc1F. The first-order valence-electron chi connectivity index (χ1n) is 5.72. The lowest BCUT2D eigenvalue weighted by molar-refractivity contribution is -0.120. The van der Waals surface area contributed by atoms with Crippen molar-refractivity contribution in [3.8, 4) is 0 Å². The lowest BCUT2D eigenvalue weighted by atomic mass is 10.2. The fraction of sp³-hybridized carbons (Fsp3) is 0.250. The Hall–Kier alpha value is -2.64. The Morgan fingerprint density at radius 1 is 1.30 bits per heavy atom. The summed E-state index contributed by atoms with van der Waals surface area (Å²) in [4.78, 5) is 33.1. The lowest BCUT2D eigenvalue weighted by Gasteiger charge is -2.08. The van der Waals surface area contributed by atoms with Crippen LogP contribution in [0, 0.1) is 5.82 Å². The third-order valence-electron chi connectivity index (χ3n) is 2.38. The standard InChI is InChI=1S/C12H14FN3O4/c1-14-10(17)4-5-15-12(20)16-9-6-7(11(18)19)2-3-8(9)13/h2-3,6H,4-5H2,1H3,(H,14,17)(H,18,19)(H2,15,16,20). The van der Waals surface area contributed by atoms with E-state index in [0.29, 0.717) is 0 Å². The Morgan fingerprint density at radius 3 is 2.60 bits per heavy atom. The fourth-order valence-electron chi connectivity index (χ4n) is 1.34. The lowest BCUT2D eigenvalue weighted by Crippen LogP contribution is -2.32. The first-order chi connectivity index (χ1) is 9.43. The number of rotatable bonds is 5. The van der Waals surface area contributed by atoms with Gasteiger partial charge in [-0.1, -0.05) is 0 Å². The second kappa shape index (κ2) is 7.07. The predicted octanol–water partition coefficient (Wildman–Crippen LogP) is 0.781. The van der Waals surface area contributed by atoms with E-state index < -0.39 is 17.8 Å². The van der Waals surface area contributed by atoms with E-state index in [2.05, 4.69) is 16.0 Å². The summed E-state index contributed by atoms with van der Waals surface area (Å²) in [7, 11) is 1.47. The van der Waals surface area contributed by atoms with Gasteiger partial charge in [-0.05, 0) is 18.2 Å². The minimum absolute atomic E-state index is 0.0751. The molecular formula is C12H14FN3O4. The zero-order chi connectivity index (χ0) is 15.1. The summed E-state index contributed by atoms with van der Waals surface area (Å²) in [5.41, 5.74) is -0.394. The molecule has 0 heterocycles. The van der Waals surface area contributed by atoms with Gasteiger partial charge in [0, 0.05) is 20.0 Å². The normalized spacial score (nSPS) is 9.70. The van der Waals surface area contributed by atoms with Gasteiger partial charge in [0.15, 0.2) is 0 Å². The van der Waals surface area contributed by atoms with E-state index in [1.165, 1.54) is 7.05 Å². The molecule has 1 aromatic rings. The molecule has 0 spiro atoms. The number of carbonyl (C=O) groups excluding carboxylic acids is 2. The number of halogens is 1. The summed E-state index contributed by atoms with van der Waals surface area (Å²) in [5.74, 6) is -2.23. The van der Waals surface area contributed by atoms with Crippen LogP contribution in [0.4, 0.5) is 14.9 Å². The molecule has 3 amide bonds. The summed E-state index contributed by atoms with van der Waals surface area (Å²) in [6.45, 7) is 0.0751. The van der Waals surface area contributed by atoms with Crippen LogP contribution in [-0.2, 0) is 4.79 Å². The number of urea groups is 1. The molecule has 1 aromatic carbocycles. The van der Waals surface area contributed by atoms with Gasteiger partial charge >= 0.3 is 12.0 Å². The van der Waals surface area contributed by atoms with E-state index >= 15 is 0 Å². The molecular weight excluding hydrogens is 269 g/mol. The minimum Gasteiger partial charge on any atom is -0.478 e. The average molecular weight is 283 g/mol. The van der Waals surface area contributed by atoms with Crippen molar-refractivity contribution in [2.24, 2.45) is 0 Å². The van der Waals surface area contributed by atoms with Gasteiger partial charge in [0.25, 0.3) is 0 Å². The Labute approximate surface area is 114 Å². The van der Waals surface area contributed by atoms with Crippen molar-refractivity contribution in [2.45, 2.75) is 6.42 Å². The molecule has 20 heavy (non-hydrogen) atoms. The van der Waals surface area contributed by atoms with Crippen LogP contribution in [0.2, 0.25) is 0 Å². The van der Waals surface area contributed by atoms with Crippen molar-refractivity contribution in [1.29, 1.82) is 0 Å². The summed E-state index contributed by atoms with van der Waals surface area (Å²) in [5, 5.41) is 15.7. The average Bonchev–Trinajstić information content (AvgIpc) is 2.40. The van der Waals surface area contributed by atoms with Crippen LogP contribution >= 0.6 is 0 Å². The van der Waals surface area contributed by atoms with E-state index in [-0.39, 0.29) is 30.1 Å². The Morgan fingerprint density at radius 2 is 2.00 bits per heavy atom. The quantitative estimate of drug-likeness (QED) is 0.640. The largest absolute Gasteiger partial charge is 0.478 e. The number of amides is 3. The third-order valence-corrected chi connectivity index (χ3v) is 2.38. The molecule has 0 atom stereocenters. The predicted molar refractivity (Wildman–Crippen MR) is 69.1 cm³/mol. The Bertz CT molecular complexity index is 533. The van der Waals surface area contributed by atoms with Crippen molar-refractivity contribution >= 4 is 23.6 Å². The molecule has 0 saturated carbocycles. The van der Waals surface area contributed by atoms with E-state index in [1.54, 1.807) is 0 Å². The number of anilines is 1. The van der Waals surface area contributed by atoms with Gasteiger partial charge in [0.05, 0.1) is 11.3 Å². The first-order valence-corrected chi connectivity index (χ1v) is 5.72. The van der Waals surface area contributed by atoms with Crippen LogP contribution in [0.25, 0.3) is 0 Å². The van der Waals surface area contributed by atoms with Crippen molar-refractivity contribution in [2.75, 3.05) is 18.9 Å². The molecule has 0 bridgehead atoms. The maximum atomic E-state index is 13.4. The number of aromatic carboxylic acids is 1. The molecule has 0 unspecified atom stereocenters. The molecule has 0 fully saturated rings. The molecule has 7 nitrogen and oxygen atoms in total. The molecule has 0 radical (unpaired) electrons. The zero-order valence-corrected chi connectivity index (χ0v) is 10.7. The third kappa shape index (κ3) is 4.56. The Balaban J connectivity index is 2.59. The van der Waals surface area contributed by atoms with E-state index in [4.69, 9.17) is 5.11 Å². The van der Waals surface area contributed by atoms with Gasteiger partial charge in [0.1, 0.15) is 5.82 Å². The van der Waals surface area contributed by atoms with Crippen molar-refractivity contribution in [1.82, 2.24) is 10.6 Å². The van der Waals surface area contributed by atoms with Gasteiger partial charge in [0.2, 0.25) is 5.91 Å². The Kier molecular flexibility index (Phi) is 5.45. The molecule has 4 N–H and O–H groups in total. The smallest absolute Gasteiger partial charge is 0.335 e. The highest BCUT2D eigenvalue weighted by Gasteiger charge is 2.11. The van der Waals surface area contributed by atoms with Gasteiger partial charge in [-0.15, -0.1) is 0 Å². The molecule has 1 rings (SSSR count). The summed E-state index contributed by atoms with van der Waals surface area (Å²) >= 11 is 0. The number of benzene rings is 1. The van der Waals surface area contributed by atoms with Crippen LogP contribution in [0.15, 0.2) is 18.2 Å². The maximum absolute atomic E-state index is 13.4. The van der Waals surface area contributed by atoms with E-state index in [9.17, 15) is 18.8 Å². The number of carboxylic acid groups (broad SMARTS) is 1. The highest BCUT2D eigenvalue weighted by atomic mass is 19.1. The molecule has 0 saturated heterocycles. The van der Waals surface area contributed by atoms with Gasteiger partial charge in [-0.3, -0.25) is 4.79 Å². The number of hydrogen-bond acceptors (Lipinski definition) is 3. The highest BCUT2D eigenvalue weighted by Crippen LogP contribution is 2.16. The molecule has 8 heteroatoms. The number of hydrogen-bond donors (Lipinski definition) is 4. The monoisotopic (exact) mass is 283 g/mol. The fourth-order valence-corrected chi connectivity index (χ4v) is 1.34. The molecule has 108 valence electrons. The van der Waals surface area contributed by atoms with Crippen molar-refractivity contribution < 1.29 is 23.9 Å². The van der Waals surface area contributed by atoms with Crippen LogP contribution in [0.3, 0.4) is 0 Å². The summed E-state index contributed by atoms with van der Waals surface area (Å²) < 4.78 is 13.4. The van der Waals surface area contributed by atoms with Gasteiger partial charge in [-0.25, -0.2) is 14.0 Å².